The van der Waals surface area contributed by atoms with Crippen molar-refractivity contribution in [2.45, 2.75) is 25.7 Å². The maximum absolute atomic E-state index is 12.7. The zero-order chi connectivity index (χ0) is 9.12. The minimum atomic E-state index is -2.47. The molecule has 0 unspecified atom stereocenters. The van der Waals surface area contributed by atoms with Gasteiger partial charge < -0.3 is 4.48 Å². The Balaban J connectivity index is 3.70. The summed E-state index contributed by atoms with van der Waals surface area (Å²) >= 11 is 0. The molecule has 0 rings (SSSR count). The highest BCUT2D eigenvalue weighted by Crippen LogP contribution is 2.22. The first-order valence-electron chi connectivity index (χ1n) is 3.95. The molecule has 0 atom stereocenters. The van der Waals surface area contributed by atoms with E-state index in [2.05, 4.69) is 0 Å². The normalized spacial score (nSPS) is 13.6. The Morgan fingerprint density at radius 3 is 1.91 bits per heavy atom. The standard InChI is InChI=1S/C8H18F2N/c1-5-8(9,10)6-7-11(2,3)4/h5-7H2,1-4H3/q+1. The molecule has 0 fully saturated rings. The van der Waals surface area contributed by atoms with E-state index in [4.69, 9.17) is 0 Å². The number of rotatable bonds is 4. The minimum absolute atomic E-state index is 0.00694. The van der Waals surface area contributed by atoms with Crippen LogP contribution in [0, 0.1) is 0 Å². The van der Waals surface area contributed by atoms with Crippen LogP contribution in [0.2, 0.25) is 0 Å². The van der Waals surface area contributed by atoms with E-state index >= 15 is 0 Å². The Bertz CT molecular complexity index is 116. The van der Waals surface area contributed by atoms with E-state index < -0.39 is 5.92 Å². The zero-order valence-corrected chi connectivity index (χ0v) is 7.82. The number of quaternary nitrogens is 1. The number of alkyl halides is 2. The van der Waals surface area contributed by atoms with Crippen LogP contribution < -0.4 is 0 Å². The molecule has 11 heavy (non-hydrogen) atoms. The summed E-state index contributed by atoms with van der Waals surface area (Å²) in [5.74, 6) is -2.47. The third-order valence-corrected chi connectivity index (χ3v) is 1.67. The van der Waals surface area contributed by atoms with Crippen LogP contribution in [0.3, 0.4) is 0 Å². The Morgan fingerprint density at radius 1 is 1.18 bits per heavy atom. The molecular weight excluding hydrogens is 148 g/mol. The molecule has 0 aliphatic heterocycles. The quantitative estimate of drug-likeness (QED) is 0.561. The van der Waals surface area contributed by atoms with Crippen LogP contribution in [-0.2, 0) is 0 Å². The topological polar surface area (TPSA) is 0 Å². The molecule has 0 amide bonds. The van der Waals surface area contributed by atoms with Gasteiger partial charge in [0.25, 0.3) is 5.92 Å². The number of halogens is 2. The number of hydrogen-bond acceptors (Lipinski definition) is 0. The van der Waals surface area contributed by atoms with Crippen molar-refractivity contribution in [2.24, 2.45) is 0 Å². The van der Waals surface area contributed by atoms with E-state index in [1.54, 1.807) is 0 Å². The molecule has 0 aliphatic rings. The Morgan fingerprint density at radius 2 is 1.64 bits per heavy atom. The molecule has 0 aromatic carbocycles. The molecule has 0 radical (unpaired) electrons. The van der Waals surface area contributed by atoms with Crippen molar-refractivity contribution in [2.75, 3.05) is 27.7 Å². The molecule has 0 saturated carbocycles. The Labute approximate surface area is 67.6 Å². The van der Waals surface area contributed by atoms with Gasteiger partial charge in [-0.2, -0.15) is 0 Å². The average Bonchev–Trinajstić information content (AvgIpc) is 1.83. The van der Waals surface area contributed by atoms with Crippen molar-refractivity contribution in [1.82, 2.24) is 0 Å². The molecule has 0 spiro atoms. The van der Waals surface area contributed by atoms with Crippen molar-refractivity contribution in [3.63, 3.8) is 0 Å². The van der Waals surface area contributed by atoms with Gasteiger partial charge in [0.05, 0.1) is 34.1 Å². The van der Waals surface area contributed by atoms with Gasteiger partial charge in [0.1, 0.15) is 0 Å². The first-order chi connectivity index (χ1) is 4.77. The second-order valence-corrected chi connectivity index (χ2v) is 3.97. The zero-order valence-electron chi connectivity index (χ0n) is 7.82. The van der Waals surface area contributed by atoms with Gasteiger partial charge in [0.15, 0.2) is 0 Å². The van der Waals surface area contributed by atoms with Gasteiger partial charge in [-0.15, -0.1) is 0 Å². The summed E-state index contributed by atoms with van der Waals surface area (Å²) in [7, 11) is 5.77. The molecule has 0 aliphatic carbocycles. The molecule has 0 bridgehead atoms. The van der Waals surface area contributed by atoms with E-state index in [1.807, 2.05) is 21.1 Å². The predicted molar refractivity (Wildman–Crippen MR) is 42.8 cm³/mol. The molecule has 0 heterocycles. The highest BCUT2D eigenvalue weighted by atomic mass is 19.3. The van der Waals surface area contributed by atoms with E-state index in [9.17, 15) is 8.78 Å². The first-order valence-corrected chi connectivity index (χ1v) is 3.95. The van der Waals surface area contributed by atoms with Crippen LogP contribution in [0.1, 0.15) is 19.8 Å². The fourth-order valence-corrected chi connectivity index (χ4v) is 0.676. The third kappa shape index (κ3) is 6.23. The van der Waals surface area contributed by atoms with Gasteiger partial charge in [-0.1, -0.05) is 6.92 Å². The molecule has 0 saturated heterocycles. The van der Waals surface area contributed by atoms with Crippen LogP contribution in [0.25, 0.3) is 0 Å². The van der Waals surface area contributed by atoms with Crippen molar-refractivity contribution in [3.05, 3.63) is 0 Å². The monoisotopic (exact) mass is 166 g/mol. The lowest BCUT2D eigenvalue weighted by atomic mass is 10.2. The van der Waals surface area contributed by atoms with E-state index in [0.717, 1.165) is 0 Å². The van der Waals surface area contributed by atoms with Crippen molar-refractivity contribution in [3.8, 4) is 0 Å². The van der Waals surface area contributed by atoms with Crippen LogP contribution in [0.4, 0.5) is 8.78 Å². The van der Waals surface area contributed by atoms with Crippen LogP contribution >= 0.6 is 0 Å². The van der Waals surface area contributed by atoms with Crippen LogP contribution in [0.5, 0.6) is 0 Å². The number of hydrogen-bond donors (Lipinski definition) is 0. The third-order valence-electron chi connectivity index (χ3n) is 1.67. The maximum atomic E-state index is 12.7. The van der Waals surface area contributed by atoms with Crippen LogP contribution in [-0.4, -0.2) is 38.1 Å². The summed E-state index contributed by atoms with van der Waals surface area (Å²) in [4.78, 5) is 0. The number of nitrogens with zero attached hydrogens (tertiary/aromatic N) is 1. The smallest absolute Gasteiger partial charge is 0.253 e. The lowest BCUT2D eigenvalue weighted by Gasteiger charge is -2.26. The van der Waals surface area contributed by atoms with Gasteiger partial charge in [-0.25, -0.2) is 8.78 Å². The summed E-state index contributed by atoms with van der Waals surface area (Å²) in [5.41, 5.74) is 0. The van der Waals surface area contributed by atoms with Crippen molar-refractivity contribution < 1.29 is 13.3 Å². The second-order valence-electron chi connectivity index (χ2n) is 3.97. The van der Waals surface area contributed by atoms with E-state index in [-0.39, 0.29) is 12.8 Å². The first kappa shape index (κ1) is 10.8. The van der Waals surface area contributed by atoms with Gasteiger partial charge in [-0.05, 0) is 0 Å². The molecule has 1 nitrogen and oxygen atoms in total. The van der Waals surface area contributed by atoms with E-state index in [0.29, 0.717) is 11.0 Å². The molecule has 0 N–H and O–H groups in total. The van der Waals surface area contributed by atoms with Crippen molar-refractivity contribution >= 4 is 0 Å². The summed E-state index contributed by atoms with van der Waals surface area (Å²) in [5, 5.41) is 0. The van der Waals surface area contributed by atoms with Crippen LogP contribution in [0.15, 0.2) is 0 Å². The lowest BCUT2D eigenvalue weighted by Crippen LogP contribution is -2.38. The lowest BCUT2D eigenvalue weighted by molar-refractivity contribution is -0.871. The van der Waals surface area contributed by atoms with Gasteiger partial charge in [0.2, 0.25) is 0 Å². The average molecular weight is 166 g/mol. The Hall–Kier alpha value is -0.180. The molecule has 3 heteroatoms. The predicted octanol–water partition coefficient (Wildman–Crippen LogP) is 2.13. The second kappa shape index (κ2) is 3.48. The SMILES string of the molecule is CCC(F)(F)CC[N+](C)(C)C. The van der Waals surface area contributed by atoms with Crippen molar-refractivity contribution in [1.29, 1.82) is 0 Å². The summed E-state index contributed by atoms with van der Waals surface area (Å²) < 4.78 is 26.0. The van der Waals surface area contributed by atoms with Gasteiger partial charge >= 0.3 is 0 Å². The highest BCUT2D eigenvalue weighted by molar-refractivity contribution is 4.61. The molecule has 0 aromatic heterocycles. The largest absolute Gasteiger partial charge is 0.331 e. The molecule has 0 aromatic rings. The fraction of sp³-hybridized carbons (Fsp3) is 1.00. The Kier molecular flexibility index (Phi) is 3.42. The minimum Gasteiger partial charge on any atom is -0.331 e. The van der Waals surface area contributed by atoms with Gasteiger partial charge in [0, 0.05) is 6.42 Å². The fourth-order valence-electron chi connectivity index (χ4n) is 0.676. The summed E-state index contributed by atoms with van der Waals surface area (Å²) in [6.07, 6.45) is -0.0556. The maximum Gasteiger partial charge on any atom is 0.253 e. The van der Waals surface area contributed by atoms with Gasteiger partial charge in [-0.3, -0.25) is 0 Å². The molecule has 68 valence electrons. The molecular formula is C8H18F2N+. The summed E-state index contributed by atoms with van der Waals surface area (Å²) in [6.45, 7) is 2.05. The van der Waals surface area contributed by atoms with E-state index in [1.165, 1.54) is 6.92 Å². The summed E-state index contributed by atoms with van der Waals surface area (Å²) in [6, 6.07) is 0. The highest BCUT2D eigenvalue weighted by Gasteiger charge is 2.28.